The second-order valence-electron chi connectivity index (χ2n) is 6.41. The zero-order valence-corrected chi connectivity index (χ0v) is 13.3. The van der Waals surface area contributed by atoms with Crippen LogP contribution >= 0.6 is 0 Å². The van der Waals surface area contributed by atoms with Gasteiger partial charge in [0, 0.05) is 38.6 Å². The lowest BCUT2D eigenvalue weighted by atomic mass is 9.95. The molecule has 2 atom stereocenters. The molecule has 1 fully saturated rings. The van der Waals surface area contributed by atoms with E-state index in [2.05, 4.69) is 63.7 Å². The fourth-order valence-electron chi connectivity index (χ4n) is 3.54. The maximum absolute atomic E-state index is 6.38. The summed E-state index contributed by atoms with van der Waals surface area (Å²) in [6.45, 7) is 2.84. The van der Waals surface area contributed by atoms with Crippen LogP contribution < -0.4 is 5.73 Å². The van der Waals surface area contributed by atoms with E-state index in [4.69, 9.17) is 5.73 Å². The number of fused-ring (bicyclic) bond motifs is 1. The molecule has 118 valence electrons. The molecule has 0 amide bonds. The standard InChI is InChI=1S/C18H21N5/c1-22-18-8-7-13(9-17(18)20-21-22)10-23-11-15(16(19)12-23)14-5-3-2-4-6-14/h2-9,15-16H,10-12,19H2,1H3/t15-,16+/m0/s1. The van der Waals surface area contributed by atoms with Crippen LogP contribution in [0.15, 0.2) is 48.5 Å². The monoisotopic (exact) mass is 307 g/mol. The van der Waals surface area contributed by atoms with Crippen LogP contribution in [0.4, 0.5) is 0 Å². The van der Waals surface area contributed by atoms with Crippen molar-refractivity contribution in [2.24, 2.45) is 12.8 Å². The van der Waals surface area contributed by atoms with Crippen molar-refractivity contribution in [3.8, 4) is 0 Å². The largest absolute Gasteiger partial charge is 0.326 e. The summed E-state index contributed by atoms with van der Waals surface area (Å²) in [5.41, 5.74) is 11.0. The highest BCUT2D eigenvalue weighted by Crippen LogP contribution is 2.27. The Morgan fingerprint density at radius 1 is 1.13 bits per heavy atom. The quantitative estimate of drug-likeness (QED) is 0.803. The summed E-state index contributed by atoms with van der Waals surface area (Å²) in [5.74, 6) is 0.413. The lowest BCUT2D eigenvalue weighted by Gasteiger charge is -2.16. The van der Waals surface area contributed by atoms with Gasteiger partial charge >= 0.3 is 0 Å². The molecule has 4 rings (SSSR count). The molecule has 0 aliphatic carbocycles. The van der Waals surface area contributed by atoms with E-state index >= 15 is 0 Å². The van der Waals surface area contributed by atoms with Gasteiger partial charge in [0.15, 0.2) is 0 Å². The van der Waals surface area contributed by atoms with Crippen molar-refractivity contribution >= 4 is 11.0 Å². The molecule has 1 aliphatic rings. The van der Waals surface area contributed by atoms with Crippen LogP contribution in [-0.2, 0) is 13.6 Å². The van der Waals surface area contributed by atoms with Crippen LogP contribution in [0.25, 0.3) is 11.0 Å². The minimum absolute atomic E-state index is 0.192. The van der Waals surface area contributed by atoms with Crippen molar-refractivity contribution in [3.63, 3.8) is 0 Å². The van der Waals surface area contributed by atoms with E-state index in [1.165, 1.54) is 11.1 Å². The maximum Gasteiger partial charge on any atom is 0.113 e. The number of likely N-dealkylation sites (tertiary alicyclic amines) is 1. The molecule has 0 saturated carbocycles. The number of aromatic nitrogens is 3. The zero-order valence-electron chi connectivity index (χ0n) is 13.3. The fourth-order valence-corrected chi connectivity index (χ4v) is 3.54. The summed E-state index contributed by atoms with van der Waals surface area (Å²) >= 11 is 0. The summed E-state index contributed by atoms with van der Waals surface area (Å²) in [7, 11) is 1.92. The van der Waals surface area contributed by atoms with Crippen molar-refractivity contribution in [1.29, 1.82) is 0 Å². The average Bonchev–Trinajstić information content (AvgIpc) is 3.11. The number of benzene rings is 2. The Morgan fingerprint density at radius 3 is 2.78 bits per heavy atom. The second kappa shape index (κ2) is 5.76. The van der Waals surface area contributed by atoms with Crippen LogP contribution in [0.5, 0.6) is 0 Å². The van der Waals surface area contributed by atoms with Gasteiger partial charge in [-0.15, -0.1) is 5.10 Å². The van der Waals surface area contributed by atoms with Gasteiger partial charge in [-0.3, -0.25) is 4.90 Å². The summed E-state index contributed by atoms with van der Waals surface area (Å²) < 4.78 is 1.80. The Bertz CT molecular complexity index is 811. The van der Waals surface area contributed by atoms with Crippen LogP contribution in [0.1, 0.15) is 17.0 Å². The first-order valence-corrected chi connectivity index (χ1v) is 8.02. The van der Waals surface area contributed by atoms with Crippen molar-refractivity contribution in [3.05, 3.63) is 59.7 Å². The third-order valence-electron chi connectivity index (χ3n) is 4.75. The normalized spacial score (nSPS) is 22.0. The Hall–Kier alpha value is -2.24. The first-order valence-electron chi connectivity index (χ1n) is 8.02. The van der Waals surface area contributed by atoms with Gasteiger partial charge in [-0.25, -0.2) is 4.68 Å². The van der Waals surface area contributed by atoms with Gasteiger partial charge in [-0.1, -0.05) is 41.6 Å². The summed E-state index contributed by atoms with van der Waals surface area (Å²) in [6, 6.07) is 17.2. The first-order chi connectivity index (χ1) is 11.2. The number of hydrogen-bond donors (Lipinski definition) is 1. The van der Waals surface area contributed by atoms with Gasteiger partial charge in [0.05, 0.1) is 5.52 Å². The van der Waals surface area contributed by atoms with Gasteiger partial charge in [0.25, 0.3) is 0 Å². The molecule has 0 unspecified atom stereocenters. The lowest BCUT2D eigenvalue weighted by Crippen LogP contribution is -2.28. The molecule has 5 heteroatoms. The smallest absolute Gasteiger partial charge is 0.113 e. The molecule has 3 aromatic rings. The van der Waals surface area contributed by atoms with Crippen LogP contribution in [0, 0.1) is 0 Å². The van der Waals surface area contributed by atoms with Crippen molar-refractivity contribution in [2.45, 2.75) is 18.5 Å². The lowest BCUT2D eigenvalue weighted by molar-refractivity contribution is 0.324. The Labute approximate surface area is 135 Å². The van der Waals surface area contributed by atoms with E-state index in [-0.39, 0.29) is 6.04 Å². The number of nitrogens with zero attached hydrogens (tertiary/aromatic N) is 4. The summed E-state index contributed by atoms with van der Waals surface area (Å²) in [5, 5.41) is 8.27. The molecule has 1 saturated heterocycles. The zero-order chi connectivity index (χ0) is 15.8. The number of hydrogen-bond acceptors (Lipinski definition) is 4. The topological polar surface area (TPSA) is 60.0 Å². The third kappa shape index (κ3) is 2.73. The predicted molar refractivity (Wildman–Crippen MR) is 90.9 cm³/mol. The molecule has 1 aromatic heterocycles. The Kier molecular flexibility index (Phi) is 3.59. The minimum Gasteiger partial charge on any atom is -0.326 e. The molecule has 0 radical (unpaired) electrons. The van der Waals surface area contributed by atoms with E-state index in [0.717, 1.165) is 30.7 Å². The number of nitrogens with two attached hydrogens (primary N) is 1. The van der Waals surface area contributed by atoms with E-state index in [9.17, 15) is 0 Å². The second-order valence-corrected chi connectivity index (χ2v) is 6.41. The maximum atomic E-state index is 6.38. The number of aryl methyl sites for hydroxylation is 1. The van der Waals surface area contributed by atoms with E-state index in [1.54, 1.807) is 4.68 Å². The van der Waals surface area contributed by atoms with Crippen LogP contribution in [-0.4, -0.2) is 39.0 Å². The molecule has 23 heavy (non-hydrogen) atoms. The molecule has 0 spiro atoms. The molecule has 0 bridgehead atoms. The van der Waals surface area contributed by atoms with Gasteiger partial charge in [-0.05, 0) is 23.3 Å². The van der Waals surface area contributed by atoms with E-state index < -0.39 is 0 Å². The number of rotatable bonds is 3. The van der Waals surface area contributed by atoms with E-state index in [0.29, 0.717) is 5.92 Å². The SMILES string of the molecule is Cn1nnc2cc(CN3C[C@@H](N)[C@H](c4ccccc4)C3)ccc21. The highest BCUT2D eigenvalue weighted by Gasteiger charge is 2.31. The highest BCUT2D eigenvalue weighted by atomic mass is 15.4. The van der Waals surface area contributed by atoms with Gasteiger partial charge in [0.1, 0.15) is 5.52 Å². The van der Waals surface area contributed by atoms with Gasteiger partial charge < -0.3 is 5.73 Å². The molecule has 2 heterocycles. The van der Waals surface area contributed by atoms with Crippen LogP contribution in [0.3, 0.4) is 0 Å². The molecular weight excluding hydrogens is 286 g/mol. The van der Waals surface area contributed by atoms with E-state index in [1.807, 2.05) is 7.05 Å². The van der Waals surface area contributed by atoms with Crippen molar-refractivity contribution in [1.82, 2.24) is 19.9 Å². The minimum atomic E-state index is 0.192. The first kappa shape index (κ1) is 14.4. The fraction of sp³-hybridized carbons (Fsp3) is 0.333. The average molecular weight is 307 g/mol. The van der Waals surface area contributed by atoms with Gasteiger partial charge in [-0.2, -0.15) is 0 Å². The molecular formula is C18H21N5. The Balaban J connectivity index is 1.50. The molecule has 2 aromatic carbocycles. The van der Waals surface area contributed by atoms with Crippen LogP contribution in [0.2, 0.25) is 0 Å². The van der Waals surface area contributed by atoms with Crippen molar-refractivity contribution in [2.75, 3.05) is 13.1 Å². The molecule has 5 nitrogen and oxygen atoms in total. The summed E-state index contributed by atoms with van der Waals surface area (Å²) in [4.78, 5) is 2.43. The van der Waals surface area contributed by atoms with Crippen molar-refractivity contribution < 1.29 is 0 Å². The van der Waals surface area contributed by atoms with Gasteiger partial charge in [0.2, 0.25) is 0 Å². The molecule has 1 aliphatic heterocycles. The molecule has 2 N–H and O–H groups in total. The highest BCUT2D eigenvalue weighted by molar-refractivity contribution is 5.74. The Morgan fingerprint density at radius 2 is 1.96 bits per heavy atom. The summed E-state index contributed by atoms with van der Waals surface area (Å²) in [6.07, 6.45) is 0. The third-order valence-corrected chi connectivity index (χ3v) is 4.75. The predicted octanol–water partition coefficient (Wildman–Crippen LogP) is 1.89.